The second-order valence-corrected chi connectivity index (χ2v) is 4.13. The van der Waals surface area contributed by atoms with E-state index in [2.05, 4.69) is 5.32 Å². The molecule has 0 radical (unpaired) electrons. The van der Waals surface area contributed by atoms with E-state index >= 15 is 0 Å². The molecule has 0 saturated carbocycles. The first-order chi connectivity index (χ1) is 8.78. The van der Waals surface area contributed by atoms with Crippen molar-refractivity contribution >= 4 is 11.6 Å². The molecule has 0 aromatic heterocycles. The molecule has 94 valence electrons. The first-order valence-corrected chi connectivity index (χ1v) is 5.88. The highest BCUT2D eigenvalue weighted by Gasteiger charge is 2.14. The lowest BCUT2D eigenvalue weighted by Crippen LogP contribution is -2.41. The van der Waals surface area contributed by atoms with Crippen LogP contribution >= 0.6 is 0 Å². The predicted octanol–water partition coefficient (Wildman–Crippen LogP) is 0.829. The first-order valence-electron chi connectivity index (χ1n) is 5.88. The molecule has 0 bridgehead atoms. The van der Waals surface area contributed by atoms with Crippen LogP contribution in [0.2, 0.25) is 0 Å². The summed E-state index contributed by atoms with van der Waals surface area (Å²) in [6, 6.07) is 8.94. The van der Waals surface area contributed by atoms with Gasteiger partial charge in [0.25, 0.3) is 0 Å². The van der Waals surface area contributed by atoms with Crippen molar-refractivity contribution in [1.29, 1.82) is 5.26 Å². The van der Waals surface area contributed by atoms with Gasteiger partial charge in [0.15, 0.2) is 0 Å². The lowest BCUT2D eigenvalue weighted by Gasteiger charge is -2.25. The van der Waals surface area contributed by atoms with Crippen LogP contribution in [0.3, 0.4) is 0 Å². The van der Waals surface area contributed by atoms with E-state index in [-0.39, 0.29) is 5.91 Å². The van der Waals surface area contributed by atoms with E-state index in [1.54, 1.807) is 24.3 Å². The van der Waals surface area contributed by atoms with Gasteiger partial charge in [-0.25, -0.2) is 0 Å². The third-order valence-electron chi connectivity index (χ3n) is 2.75. The molecular formula is C13H15N3O2. The molecule has 1 aromatic carbocycles. The molecular weight excluding hydrogens is 230 g/mol. The highest BCUT2D eigenvalue weighted by molar-refractivity contribution is 5.92. The Morgan fingerprint density at radius 3 is 2.94 bits per heavy atom. The molecule has 1 aliphatic heterocycles. The van der Waals surface area contributed by atoms with Crippen molar-refractivity contribution in [2.75, 3.05) is 38.2 Å². The number of carbonyl (C=O) groups excluding carboxylic acids is 1. The molecule has 5 heteroatoms. The number of ether oxygens (including phenoxy) is 1. The van der Waals surface area contributed by atoms with Gasteiger partial charge in [-0.2, -0.15) is 5.26 Å². The maximum atomic E-state index is 11.8. The van der Waals surface area contributed by atoms with Crippen LogP contribution in [0.15, 0.2) is 24.3 Å². The van der Waals surface area contributed by atoms with E-state index in [1.807, 2.05) is 11.0 Å². The van der Waals surface area contributed by atoms with E-state index < -0.39 is 0 Å². The number of nitrogens with one attached hydrogen (secondary N) is 1. The van der Waals surface area contributed by atoms with Gasteiger partial charge in [0.05, 0.1) is 31.4 Å². The van der Waals surface area contributed by atoms with Gasteiger partial charge in [-0.1, -0.05) is 6.07 Å². The Morgan fingerprint density at radius 2 is 2.22 bits per heavy atom. The zero-order valence-corrected chi connectivity index (χ0v) is 10.1. The number of carbonyl (C=O) groups is 1. The van der Waals surface area contributed by atoms with E-state index in [0.29, 0.717) is 31.0 Å². The van der Waals surface area contributed by atoms with Crippen LogP contribution in [-0.4, -0.2) is 43.7 Å². The molecule has 2 rings (SSSR count). The first kappa shape index (κ1) is 12.6. The lowest BCUT2D eigenvalue weighted by molar-refractivity contribution is -0.118. The number of nitrogens with zero attached hydrogens (tertiary/aromatic N) is 2. The van der Waals surface area contributed by atoms with Gasteiger partial charge in [0.1, 0.15) is 0 Å². The van der Waals surface area contributed by atoms with E-state index in [4.69, 9.17) is 10.00 Å². The smallest absolute Gasteiger partial charge is 0.238 e. The van der Waals surface area contributed by atoms with Crippen LogP contribution in [0.25, 0.3) is 0 Å². The largest absolute Gasteiger partial charge is 0.379 e. The predicted molar refractivity (Wildman–Crippen MR) is 67.0 cm³/mol. The molecule has 0 aliphatic carbocycles. The third-order valence-corrected chi connectivity index (χ3v) is 2.75. The van der Waals surface area contributed by atoms with Crippen LogP contribution < -0.4 is 5.32 Å². The number of hydrogen-bond donors (Lipinski definition) is 1. The van der Waals surface area contributed by atoms with Crippen molar-refractivity contribution < 1.29 is 9.53 Å². The summed E-state index contributed by atoms with van der Waals surface area (Å²) in [5, 5.41) is 11.6. The van der Waals surface area contributed by atoms with Crippen molar-refractivity contribution in [2.45, 2.75) is 0 Å². The third kappa shape index (κ3) is 3.55. The summed E-state index contributed by atoms with van der Waals surface area (Å²) >= 11 is 0. The lowest BCUT2D eigenvalue weighted by atomic mass is 10.2. The molecule has 0 atom stereocenters. The Balaban J connectivity index is 1.88. The van der Waals surface area contributed by atoms with E-state index in [0.717, 1.165) is 13.1 Å². The fraction of sp³-hybridized carbons (Fsp3) is 0.385. The second-order valence-electron chi connectivity index (χ2n) is 4.13. The summed E-state index contributed by atoms with van der Waals surface area (Å²) in [5.41, 5.74) is 1.20. The van der Waals surface area contributed by atoms with E-state index in [1.165, 1.54) is 0 Å². The molecule has 1 N–H and O–H groups in total. The molecule has 0 unspecified atom stereocenters. The molecule has 1 aliphatic rings. The van der Waals surface area contributed by atoms with Crippen LogP contribution in [0, 0.1) is 11.3 Å². The number of amides is 1. The Morgan fingerprint density at radius 1 is 1.44 bits per heavy atom. The van der Waals surface area contributed by atoms with Crippen molar-refractivity contribution in [3.8, 4) is 6.07 Å². The molecule has 1 saturated heterocycles. The minimum atomic E-state index is -0.0630. The minimum absolute atomic E-state index is 0.0630. The Bertz CT molecular complexity index is 462. The van der Waals surface area contributed by atoms with Crippen LogP contribution in [0.4, 0.5) is 5.69 Å². The average Bonchev–Trinajstić information content (AvgIpc) is 2.40. The zero-order chi connectivity index (χ0) is 12.8. The van der Waals surface area contributed by atoms with Gasteiger partial charge < -0.3 is 10.1 Å². The van der Waals surface area contributed by atoms with Crippen molar-refractivity contribution in [2.24, 2.45) is 0 Å². The van der Waals surface area contributed by atoms with Gasteiger partial charge in [0, 0.05) is 18.8 Å². The Kier molecular flexibility index (Phi) is 4.29. The van der Waals surface area contributed by atoms with Gasteiger partial charge >= 0.3 is 0 Å². The number of nitriles is 1. The number of morpholine rings is 1. The maximum absolute atomic E-state index is 11.8. The minimum Gasteiger partial charge on any atom is -0.379 e. The number of hydrogen-bond acceptors (Lipinski definition) is 4. The summed E-state index contributed by atoms with van der Waals surface area (Å²) in [6.07, 6.45) is 0. The summed E-state index contributed by atoms with van der Waals surface area (Å²) in [7, 11) is 0. The fourth-order valence-electron chi connectivity index (χ4n) is 1.83. The molecule has 1 amide bonds. The molecule has 1 aromatic rings. The fourth-order valence-corrected chi connectivity index (χ4v) is 1.83. The number of rotatable bonds is 3. The van der Waals surface area contributed by atoms with Gasteiger partial charge in [-0.15, -0.1) is 0 Å². The van der Waals surface area contributed by atoms with Crippen LogP contribution in [-0.2, 0) is 9.53 Å². The van der Waals surface area contributed by atoms with Gasteiger partial charge in [0.2, 0.25) is 5.91 Å². The highest BCUT2D eigenvalue weighted by Crippen LogP contribution is 2.09. The SMILES string of the molecule is N#Cc1cccc(NC(=O)CN2CCOCC2)c1. The summed E-state index contributed by atoms with van der Waals surface area (Å²) in [5.74, 6) is -0.0630. The highest BCUT2D eigenvalue weighted by atomic mass is 16.5. The van der Waals surface area contributed by atoms with E-state index in [9.17, 15) is 4.79 Å². The molecule has 1 heterocycles. The topological polar surface area (TPSA) is 65.4 Å². The number of benzene rings is 1. The average molecular weight is 245 g/mol. The van der Waals surface area contributed by atoms with Crippen LogP contribution in [0.1, 0.15) is 5.56 Å². The standard InChI is InChI=1S/C13H15N3O2/c14-9-11-2-1-3-12(8-11)15-13(17)10-16-4-6-18-7-5-16/h1-3,8H,4-7,10H2,(H,15,17). The second kappa shape index (κ2) is 6.15. The molecule has 1 fully saturated rings. The maximum Gasteiger partial charge on any atom is 0.238 e. The molecule has 0 spiro atoms. The van der Waals surface area contributed by atoms with Gasteiger partial charge in [-0.05, 0) is 18.2 Å². The summed E-state index contributed by atoms with van der Waals surface area (Å²) in [6.45, 7) is 3.28. The van der Waals surface area contributed by atoms with Crippen LogP contribution in [0.5, 0.6) is 0 Å². The number of anilines is 1. The molecule has 18 heavy (non-hydrogen) atoms. The monoisotopic (exact) mass is 245 g/mol. The van der Waals surface area contributed by atoms with Crippen molar-refractivity contribution in [3.63, 3.8) is 0 Å². The molecule has 5 nitrogen and oxygen atoms in total. The summed E-state index contributed by atoms with van der Waals surface area (Å²) < 4.78 is 5.22. The van der Waals surface area contributed by atoms with Crippen molar-refractivity contribution in [1.82, 2.24) is 4.90 Å². The van der Waals surface area contributed by atoms with Crippen molar-refractivity contribution in [3.05, 3.63) is 29.8 Å². The Hall–Kier alpha value is -1.90. The summed E-state index contributed by atoms with van der Waals surface area (Å²) in [4.78, 5) is 13.9. The normalized spacial score (nSPS) is 15.9. The zero-order valence-electron chi connectivity index (χ0n) is 10.1. The Labute approximate surface area is 106 Å². The van der Waals surface area contributed by atoms with Gasteiger partial charge in [-0.3, -0.25) is 9.69 Å². The quantitative estimate of drug-likeness (QED) is 0.856.